The molecule has 0 atom stereocenters. The van der Waals surface area contributed by atoms with Crippen LogP contribution in [0.4, 0.5) is 0 Å². The van der Waals surface area contributed by atoms with Crippen LogP contribution in [0, 0.1) is 11.3 Å². The van der Waals surface area contributed by atoms with Gasteiger partial charge in [0.2, 0.25) is 0 Å². The first-order valence-electron chi connectivity index (χ1n) is 3.04. The lowest BCUT2D eigenvalue weighted by Gasteiger charge is -1.91. The average molecular weight is 141 g/mol. The third-order valence-electron chi connectivity index (χ3n) is 0.878. The summed E-state index contributed by atoms with van der Waals surface area (Å²) in [6.07, 6.45) is 2.98. The van der Waals surface area contributed by atoms with Crippen LogP contribution in [-0.2, 0) is 4.79 Å². The normalized spacial score (nSPS) is 10.7. The fraction of sp³-hybridized carbons (Fsp3) is 0.429. The Hall–Kier alpha value is -1.12. The Morgan fingerprint density at radius 1 is 1.60 bits per heavy atom. The second-order valence-corrected chi connectivity index (χ2v) is 2.32. The molecule has 0 rings (SSSR count). The smallest absolute Gasteiger partial charge is 0.353 e. The summed E-state index contributed by atoms with van der Waals surface area (Å²) in [5.41, 5.74) is -0.367. The quantitative estimate of drug-likeness (QED) is 0.582. The first-order chi connectivity index (χ1) is 4.54. The number of rotatable bonds is 3. The fourth-order valence-electron chi connectivity index (χ4n) is 0.360. The topological polar surface area (TPSA) is 61.2 Å². The van der Waals surface area contributed by atoms with E-state index in [0.29, 0.717) is 5.92 Å². The van der Waals surface area contributed by atoms with E-state index >= 15 is 0 Å². The number of carbonyl (C=O) groups is 1. The van der Waals surface area contributed by atoms with E-state index in [1.165, 1.54) is 6.08 Å². The van der Waals surface area contributed by atoms with Gasteiger partial charge in [-0.05, 0) is 12.0 Å². The molecule has 0 aromatic rings. The monoisotopic (exact) mass is 141 g/mol. The highest BCUT2D eigenvalue weighted by Crippen LogP contribution is 1.93. The molecule has 0 aliphatic heterocycles. The fourth-order valence-corrected chi connectivity index (χ4v) is 0.360. The molecule has 0 bridgehead atoms. The van der Waals surface area contributed by atoms with Crippen molar-refractivity contribution in [2.24, 2.45) is 5.92 Å². The number of nitrogens with one attached hydrogen (secondary N) is 1. The molecule has 0 fully saturated rings. The number of hydrogen-bond donors (Lipinski definition) is 2. The molecule has 0 unspecified atom stereocenters. The van der Waals surface area contributed by atoms with Gasteiger partial charge in [0, 0.05) is 0 Å². The Balaban J connectivity index is 3.91. The largest absolute Gasteiger partial charge is 0.477 e. The molecule has 2 N–H and O–H groups in total. The number of allylic oxidation sites excluding steroid dienone is 1. The predicted octanol–water partition coefficient (Wildman–Crippen LogP) is 1.30. The van der Waals surface area contributed by atoms with E-state index in [2.05, 4.69) is 0 Å². The lowest BCUT2D eigenvalue weighted by atomic mass is 10.2. The molecule has 3 heteroatoms. The van der Waals surface area contributed by atoms with Crippen molar-refractivity contribution in [1.29, 1.82) is 5.41 Å². The Morgan fingerprint density at radius 3 is 2.40 bits per heavy atom. The van der Waals surface area contributed by atoms with E-state index in [1.807, 2.05) is 13.8 Å². The van der Waals surface area contributed by atoms with E-state index < -0.39 is 5.97 Å². The minimum atomic E-state index is -1.18. The van der Waals surface area contributed by atoms with Crippen molar-refractivity contribution in [3.8, 4) is 0 Å². The molecule has 0 amide bonds. The third kappa shape index (κ3) is 3.83. The molecule has 0 aliphatic rings. The third-order valence-corrected chi connectivity index (χ3v) is 0.878. The lowest BCUT2D eigenvalue weighted by molar-refractivity contribution is -0.129. The molecule has 0 heterocycles. The summed E-state index contributed by atoms with van der Waals surface area (Å²) in [5.74, 6) is -0.892. The summed E-state index contributed by atoms with van der Waals surface area (Å²) in [7, 11) is 0. The van der Waals surface area contributed by atoms with Crippen molar-refractivity contribution in [3.63, 3.8) is 0 Å². The molecule has 0 saturated heterocycles. The number of carboxylic acids is 1. The molecule has 0 aromatic heterocycles. The Kier molecular flexibility index (Phi) is 3.39. The van der Waals surface area contributed by atoms with Gasteiger partial charge in [-0.2, -0.15) is 0 Å². The van der Waals surface area contributed by atoms with Gasteiger partial charge in [0.1, 0.15) is 5.71 Å². The summed E-state index contributed by atoms with van der Waals surface area (Å²) in [6, 6.07) is 0. The maximum Gasteiger partial charge on any atom is 0.353 e. The van der Waals surface area contributed by atoms with Gasteiger partial charge in [0.05, 0.1) is 0 Å². The van der Waals surface area contributed by atoms with Crippen LogP contribution in [0.25, 0.3) is 0 Å². The summed E-state index contributed by atoms with van der Waals surface area (Å²) in [5, 5.41) is 15.1. The highest BCUT2D eigenvalue weighted by Gasteiger charge is 1.99. The van der Waals surface area contributed by atoms with Crippen molar-refractivity contribution in [3.05, 3.63) is 12.2 Å². The molecule has 10 heavy (non-hydrogen) atoms. The molecular formula is C7H11NO2. The van der Waals surface area contributed by atoms with Crippen LogP contribution in [0.1, 0.15) is 13.8 Å². The van der Waals surface area contributed by atoms with Crippen molar-refractivity contribution < 1.29 is 9.90 Å². The zero-order chi connectivity index (χ0) is 8.15. The van der Waals surface area contributed by atoms with Crippen molar-refractivity contribution >= 4 is 11.7 Å². The Bertz CT molecular complexity index is 170. The van der Waals surface area contributed by atoms with Gasteiger partial charge >= 0.3 is 5.97 Å². The highest BCUT2D eigenvalue weighted by molar-refractivity contribution is 6.38. The molecule has 0 radical (unpaired) electrons. The van der Waals surface area contributed by atoms with Crippen LogP contribution in [-0.4, -0.2) is 16.8 Å². The van der Waals surface area contributed by atoms with Gasteiger partial charge in [-0.1, -0.05) is 19.9 Å². The van der Waals surface area contributed by atoms with Gasteiger partial charge in [0.15, 0.2) is 0 Å². The van der Waals surface area contributed by atoms with Crippen molar-refractivity contribution in [2.75, 3.05) is 0 Å². The minimum Gasteiger partial charge on any atom is -0.477 e. The Morgan fingerprint density at radius 2 is 2.10 bits per heavy atom. The van der Waals surface area contributed by atoms with Gasteiger partial charge in [-0.15, -0.1) is 0 Å². The van der Waals surface area contributed by atoms with Gasteiger partial charge < -0.3 is 5.11 Å². The van der Waals surface area contributed by atoms with Crippen LogP contribution in [0.3, 0.4) is 0 Å². The van der Waals surface area contributed by atoms with Crippen LogP contribution in [0.5, 0.6) is 0 Å². The standard InChI is InChI=1S/C7H11NO2/c1-5(2)3-4-6(8)7(9)10/h3-5,8H,1-2H3,(H,9,10)/b4-3+,8-6?. The van der Waals surface area contributed by atoms with Gasteiger partial charge in [0.25, 0.3) is 0 Å². The van der Waals surface area contributed by atoms with Crippen LogP contribution < -0.4 is 0 Å². The van der Waals surface area contributed by atoms with E-state index in [-0.39, 0.29) is 5.71 Å². The highest BCUT2D eigenvalue weighted by atomic mass is 16.4. The molecule has 0 spiro atoms. The molecular weight excluding hydrogens is 130 g/mol. The molecule has 0 saturated carbocycles. The van der Waals surface area contributed by atoms with Crippen LogP contribution in [0.15, 0.2) is 12.2 Å². The first kappa shape index (κ1) is 8.88. The number of carboxylic acid groups (broad SMARTS) is 1. The number of aliphatic carboxylic acids is 1. The van der Waals surface area contributed by atoms with Gasteiger partial charge in [-0.25, -0.2) is 4.79 Å². The summed E-state index contributed by atoms with van der Waals surface area (Å²) < 4.78 is 0. The average Bonchev–Trinajstić information content (AvgIpc) is 1.82. The lowest BCUT2D eigenvalue weighted by Crippen LogP contribution is -2.07. The van der Waals surface area contributed by atoms with Crippen LogP contribution in [0.2, 0.25) is 0 Å². The first-order valence-corrected chi connectivity index (χ1v) is 3.04. The van der Waals surface area contributed by atoms with Crippen molar-refractivity contribution in [2.45, 2.75) is 13.8 Å². The van der Waals surface area contributed by atoms with Crippen LogP contribution >= 0.6 is 0 Å². The summed E-state index contributed by atoms with van der Waals surface area (Å²) in [4.78, 5) is 10.0. The van der Waals surface area contributed by atoms with E-state index in [0.717, 1.165) is 0 Å². The second-order valence-electron chi connectivity index (χ2n) is 2.32. The second kappa shape index (κ2) is 3.82. The predicted molar refractivity (Wildman–Crippen MR) is 39.3 cm³/mol. The van der Waals surface area contributed by atoms with E-state index in [4.69, 9.17) is 10.5 Å². The van der Waals surface area contributed by atoms with Gasteiger partial charge in [-0.3, -0.25) is 5.41 Å². The number of hydrogen-bond acceptors (Lipinski definition) is 2. The molecule has 3 nitrogen and oxygen atoms in total. The SMILES string of the molecule is CC(C)/C=C/C(=N)C(=O)O. The summed E-state index contributed by atoms with van der Waals surface area (Å²) in [6.45, 7) is 3.84. The Labute approximate surface area is 59.9 Å². The maximum atomic E-state index is 10.0. The van der Waals surface area contributed by atoms with Crippen molar-refractivity contribution in [1.82, 2.24) is 0 Å². The minimum absolute atomic E-state index is 0.291. The maximum absolute atomic E-state index is 10.0. The van der Waals surface area contributed by atoms with E-state index in [9.17, 15) is 4.79 Å². The van der Waals surface area contributed by atoms with E-state index in [1.54, 1.807) is 6.08 Å². The summed E-state index contributed by atoms with van der Waals surface area (Å²) >= 11 is 0. The molecule has 0 aromatic carbocycles. The molecule has 56 valence electrons. The zero-order valence-electron chi connectivity index (χ0n) is 6.09. The zero-order valence-corrected chi connectivity index (χ0v) is 6.09. The molecule has 0 aliphatic carbocycles.